The van der Waals surface area contributed by atoms with Crippen LogP contribution in [0.4, 0.5) is 5.00 Å². The summed E-state index contributed by atoms with van der Waals surface area (Å²) in [5.74, 6) is 0. The number of hydrogen-bond acceptors (Lipinski definition) is 2. The molecule has 0 bridgehead atoms. The molecule has 10 heavy (non-hydrogen) atoms. The molecule has 0 aliphatic rings. The molecule has 1 aromatic heterocycles. The Morgan fingerprint density at radius 2 is 2.50 bits per heavy atom. The van der Waals surface area contributed by atoms with Crippen LogP contribution in [0, 0.1) is 0 Å². The molecule has 0 amide bonds. The van der Waals surface area contributed by atoms with Crippen LogP contribution in [-0.2, 0) is 0 Å². The first-order valence-corrected chi connectivity index (χ1v) is 4.21. The lowest BCUT2D eigenvalue weighted by atomic mass is 10.3. The zero-order chi connectivity index (χ0) is 7.40. The molecule has 0 atom stereocenters. The maximum absolute atomic E-state index is 5.53. The average Bonchev–Trinajstić information content (AvgIpc) is 2.31. The smallest absolute Gasteiger partial charge is 0.0862 e. The van der Waals surface area contributed by atoms with Gasteiger partial charge >= 0.3 is 0 Å². The number of nitrogen functional groups attached to an aromatic ring is 1. The topological polar surface area (TPSA) is 26.0 Å². The van der Waals surface area contributed by atoms with Gasteiger partial charge in [0.15, 0.2) is 0 Å². The van der Waals surface area contributed by atoms with Crippen molar-refractivity contribution in [3.63, 3.8) is 0 Å². The van der Waals surface area contributed by atoms with Gasteiger partial charge in [0.2, 0.25) is 0 Å². The fourth-order valence-electron chi connectivity index (χ4n) is 0.710. The van der Waals surface area contributed by atoms with Crippen LogP contribution in [0.1, 0.15) is 18.9 Å². The van der Waals surface area contributed by atoms with E-state index in [0.29, 0.717) is 0 Å². The summed E-state index contributed by atoms with van der Waals surface area (Å²) in [7, 11) is 0. The maximum Gasteiger partial charge on any atom is 0.0862 e. The van der Waals surface area contributed by atoms with Crippen molar-refractivity contribution in [3.8, 4) is 0 Å². The van der Waals surface area contributed by atoms with Gasteiger partial charge in [-0.1, -0.05) is 19.1 Å². The molecule has 0 radical (unpaired) electrons. The third kappa shape index (κ3) is 1.88. The molecule has 2 heteroatoms. The van der Waals surface area contributed by atoms with Crippen molar-refractivity contribution in [2.24, 2.45) is 0 Å². The van der Waals surface area contributed by atoms with E-state index in [4.69, 9.17) is 5.73 Å². The molecular formula is C8H11NS. The molecule has 0 fully saturated rings. The Bertz CT molecular complexity index is 225. The standard InChI is InChI=1S/C8H11NS/c1-2-3-4-7-5-8(9)10-6-7/h3-6H,2,9H2,1H3/b4-3+. The van der Waals surface area contributed by atoms with Gasteiger partial charge < -0.3 is 5.73 Å². The molecule has 0 aliphatic carbocycles. The molecule has 1 aromatic rings. The van der Waals surface area contributed by atoms with Crippen molar-refractivity contribution in [1.82, 2.24) is 0 Å². The Hall–Kier alpha value is -0.760. The van der Waals surface area contributed by atoms with E-state index in [2.05, 4.69) is 24.5 Å². The minimum atomic E-state index is 0.885. The lowest BCUT2D eigenvalue weighted by molar-refractivity contribution is 1.23. The van der Waals surface area contributed by atoms with Crippen LogP contribution in [-0.4, -0.2) is 0 Å². The van der Waals surface area contributed by atoms with Gasteiger partial charge in [-0.2, -0.15) is 0 Å². The van der Waals surface area contributed by atoms with Crippen molar-refractivity contribution in [3.05, 3.63) is 23.1 Å². The van der Waals surface area contributed by atoms with E-state index in [1.165, 1.54) is 5.56 Å². The van der Waals surface area contributed by atoms with Crippen LogP contribution < -0.4 is 5.73 Å². The van der Waals surface area contributed by atoms with Crippen LogP contribution >= 0.6 is 11.3 Å². The summed E-state index contributed by atoms with van der Waals surface area (Å²) in [4.78, 5) is 0. The number of nitrogens with two attached hydrogens (primary N) is 1. The highest BCUT2D eigenvalue weighted by Crippen LogP contribution is 2.17. The third-order valence-electron chi connectivity index (χ3n) is 1.19. The van der Waals surface area contributed by atoms with Crippen LogP contribution in [0.5, 0.6) is 0 Å². The minimum Gasteiger partial charge on any atom is -0.391 e. The number of rotatable bonds is 2. The van der Waals surface area contributed by atoms with Gasteiger partial charge in [-0.3, -0.25) is 0 Å². The fourth-order valence-corrected chi connectivity index (χ4v) is 1.33. The van der Waals surface area contributed by atoms with Crippen LogP contribution in [0.25, 0.3) is 6.08 Å². The molecule has 0 saturated carbocycles. The molecular weight excluding hydrogens is 142 g/mol. The van der Waals surface area contributed by atoms with E-state index >= 15 is 0 Å². The largest absolute Gasteiger partial charge is 0.391 e. The predicted molar refractivity (Wildman–Crippen MR) is 48.1 cm³/mol. The Morgan fingerprint density at radius 3 is 3.00 bits per heavy atom. The summed E-state index contributed by atoms with van der Waals surface area (Å²) in [6, 6.07) is 1.98. The second kappa shape index (κ2) is 3.42. The second-order valence-corrected chi connectivity index (χ2v) is 3.04. The maximum atomic E-state index is 5.53. The fraction of sp³-hybridized carbons (Fsp3) is 0.250. The summed E-state index contributed by atoms with van der Waals surface area (Å²) < 4.78 is 0. The van der Waals surface area contributed by atoms with Crippen molar-refractivity contribution in [2.45, 2.75) is 13.3 Å². The van der Waals surface area contributed by atoms with Gasteiger partial charge in [0.1, 0.15) is 0 Å². The molecule has 0 aromatic carbocycles. The molecule has 0 spiro atoms. The van der Waals surface area contributed by atoms with Crippen molar-refractivity contribution >= 4 is 22.4 Å². The third-order valence-corrected chi connectivity index (χ3v) is 1.97. The SMILES string of the molecule is CC/C=C/c1csc(N)c1. The van der Waals surface area contributed by atoms with E-state index in [9.17, 15) is 0 Å². The Kier molecular flexibility index (Phi) is 2.51. The first-order chi connectivity index (χ1) is 4.83. The highest BCUT2D eigenvalue weighted by molar-refractivity contribution is 7.14. The summed E-state index contributed by atoms with van der Waals surface area (Å²) in [5.41, 5.74) is 6.75. The zero-order valence-electron chi connectivity index (χ0n) is 6.00. The summed E-state index contributed by atoms with van der Waals surface area (Å²) >= 11 is 1.58. The molecule has 0 saturated heterocycles. The monoisotopic (exact) mass is 153 g/mol. The van der Waals surface area contributed by atoms with Gasteiger partial charge in [-0.25, -0.2) is 0 Å². The van der Waals surface area contributed by atoms with E-state index in [1.807, 2.05) is 6.07 Å². The second-order valence-electron chi connectivity index (χ2n) is 2.09. The first-order valence-electron chi connectivity index (χ1n) is 3.33. The number of hydrogen-bond donors (Lipinski definition) is 1. The summed E-state index contributed by atoms with van der Waals surface area (Å²) in [6.45, 7) is 2.12. The Morgan fingerprint density at radius 1 is 1.70 bits per heavy atom. The lowest BCUT2D eigenvalue weighted by Gasteiger charge is -1.80. The van der Waals surface area contributed by atoms with Gasteiger partial charge in [-0.15, -0.1) is 11.3 Å². The molecule has 1 nitrogen and oxygen atoms in total. The first kappa shape index (κ1) is 7.35. The quantitative estimate of drug-likeness (QED) is 0.694. The number of anilines is 1. The number of allylic oxidation sites excluding steroid dienone is 1. The average molecular weight is 153 g/mol. The van der Waals surface area contributed by atoms with E-state index < -0.39 is 0 Å². The molecule has 1 heterocycles. The van der Waals surface area contributed by atoms with Crippen molar-refractivity contribution in [1.29, 1.82) is 0 Å². The normalized spacial score (nSPS) is 10.9. The van der Waals surface area contributed by atoms with Crippen LogP contribution in [0.2, 0.25) is 0 Å². The molecule has 1 rings (SSSR count). The molecule has 0 unspecified atom stereocenters. The van der Waals surface area contributed by atoms with Crippen molar-refractivity contribution in [2.75, 3.05) is 5.73 Å². The van der Waals surface area contributed by atoms with E-state index in [0.717, 1.165) is 11.4 Å². The van der Waals surface area contributed by atoms with Crippen LogP contribution in [0.3, 0.4) is 0 Å². The molecule has 0 aliphatic heterocycles. The highest BCUT2D eigenvalue weighted by atomic mass is 32.1. The van der Waals surface area contributed by atoms with E-state index in [1.54, 1.807) is 11.3 Å². The zero-order valence-corrected chi connectivity index (χ0v) is 6.82. The number of thiophene rings is 1. The highest BCUT2D eigenvalue weighted by Gasteiger charge is 1.89. The van der Waals surface area contributed by atoms with Crippen molar-refractivity contribution < 1.29 is 0 Å². The van der Waals surface area contributed by atoms with Gasteiger partial charge in [-0.05, 0) is 18.1 Å². The van der Waals surface area contributed by atoms with Gasteiger partial charge in [0.05, 0.1) is 5.00 Å². The van der Waals surface area contributed by atoms with Crippen LogP contribution in [0.15, 0.2) is 17.5 Å². The molecule has 2 N–H and O–H groups in total. The summed E-state index contributed by atoms with van der Waals surface area (Å²) in [6.07, 6.45) is 5.30. The molecule has 54 valence electrons. The van der Waals surface area contributed by atoms with E-state index in [-0.39, 0.29) is 0 Å². The Balaban J connectivity index is 2.67. The summed E-state index contributed by atoms with van der Waals surface area (Å²) in [5, 5.41) is 2.94. The van der Waals surface area contributed by atoms with Gasteiger partial charge in [0.25, 0.3) is 0 Å². The Labute approximate surface area is 65.2 Å². The van der Waals surface area contributed by atoms with Gasteiger partial charge in [0, 0.05) is 5.38 Å². The lowest BCUT2D eigenvalue weighted by Crippen LogP contribution is -1.73. The minimum absolute atomic E-state index is 0.885. The predicted octanol–water partition coefficient (Wildman–Crippen LogP) is 2.75.